The average molecular weight is 281 g/mol. The fraction of sp³-hybridized carbons (Fsp3) is 0.800. The minimum Gasteiger partial charge on any atom is -0.393 e. The number of nitrogens with one attached hydrogen (secondary N) is 1. The van der Waals surface area contributed by atoms with Crippen LogP contribution in [0.3, 0.4) is 0 Å². The van der Waals surface area contributed by atoms with Gasteiger partial charge in [-0.25, -0.2) is 0 Å². The largest absolute Gasteiger partial charge is 0.393 e. The second-order valence-electron chi connectivity index (χ2n) is 6.20. The molecule has 2 unspecified atom stereocenters. The number of fused-ring (bicyclic) bond motifs is 2. The van der Waals surface area contributed by atoms with Gasteiger partial charge in [0.1, 0.15) is 0 Å². The van der Waals surface area contributed by atoms with Crippen molar-refractivity contribution in [3.8, 4) is 0 Å². The molecule has 5 nitrogen and oxygen atoms in total. The van der Waals surface area contributed by atoms with Gasteiger partial charge in [-0.05, 0) is 39.8 Å². The van der Waals surface area contributed by atoms with Crippen molar-refractivity contribution < 1.29 is 9.90 Å². The number of amides is 1. The second kappa shape index (κ2) is 7.20. The lowest BCUT2D eigenvalue weighted by atomic mass is 10.00. The highest BCUT2D eigenvalue weighted by atomic mass is 16.3. The van der Waals surface area contributed by atoms with Crippen molar-refractivity contribution in [3.63, 3.8) is 0 Å². The molecule has 0 spiro atoms. The molecule has 2 fully saturated rings. The molecule has 2 bridgehead atoms. The molecule has 20 heavy (non-hydrogen) atoms. The molecule has 114 valence electrons. The van der Waals surface area contributed by atoms with Gasteiger partial charge in [0.15, 0.2) is 0 Å². The summed E-state index contributed by atoms with van der Waals surface area (Å²) in [5.41, 5.74) is 0. The Balaban J connectivity index is 1.66. The summed E-state index contributed by atoms with van der Waals surface area (Å²) >= 11 is 0. The van der Waals surface area contributed by atoms with E-state index in [-0.39, 0.29) is 12.0 Å². The van der Waals surface area contributed by atoms with Crippen LogP contribution >= 0.6 is 0 Å². The van der Waals surface area contributed by atoms with E-state index in [0.29, 0.717) is 18.6 Å². The molecule has 2 aliphatic rings. The summed E-state index contributed by atoms with van der Waals surface area (Å²) in [7, 11) is 3.95. The Morgan fingerprint density at radius 2 is 2.00 bits per heavy atom. The van der Waals surface area contributed by atoms with Gasteiger partial charge in [-0.2, -0.15) is 0 Å². The molecule has 2 saturated heterocycles. The first kappa shape index (κ1) is 15.5. The number of hydrogen-bond donors (Lipinski definition) is 2. The molecule has 0 aromatic carbocycles. The maximum Gasteiger partial charge on any atom is 0.243 e. The number of piperidine rings is 1. The van der Waals surface area contributed by atoms with E-state index in [0.717, 1.165) is 25.9 Å². The molecule has 0 radical (unpaired) electrons. The van der Waals surface area contributed by atoms with Gasteiger partial charge >= 0.3 is 0 Å². The molecule has 0 aliphatic carbocycles. The molecule has 0 aromatic heterocycles. The molecule has 2 rings (SSSR count). The van der Waals surface area contributed by atoms with Gasteiger partial charge in [0.25, 0.3) is 0 Å². The SMILES string of the molecule is CN(C)C/C=C/C(=O)NCCN1C2CCC1CC(O)C2. The summed E-state index contributed by atoms with van der Waals surface area (Å²) in [6, 6.07) is 1.04. The third-order valence-corrected chi connectivity index (χ3v) is 4.27. The summed E-state index contributed by atoms with van der Waals surface area (Å²) in [5, 5.41) is 12.7. The normalized spacial score (nSPS) is 30.3. The number of hydrogen-bond acceptors (Lipinski definition) is 4. The Bertz CT molecular complexity index is 343. The quantitative estimate of drug-likeness (QED) is 0.683. The Kier molecular flexibility index (Phi) is 5.57. The van der Waals surface area contributed by atoms with Gasteiger partial charge in [0, 0.05) is 37.8 Å². The van der Waals surface area contributed by atoms with Crippen molar-refractivity contribution in [1.82, 2.24) is 15.1 Å². The number of carbonyl (C=O) groups excluding carboxylic acids is 1. The minimum atomic E-state index is -0.118. The lowest BCUT2D eigenvalue weighted by Gasteiger charge is -2.37. The van der Waals surface area contributed by atoms with Crippen LogP contribution in [0.2, 0.25) is 0 Å². The lowest BCUT2D eigenvalue weighted by Crippen LogP contribution is -2.47. The Morgan fingerprint density at radius 1 is 1.35 bits per heavy atom. The molecule has 2 N–H and O–H groups in total. The van der Waals surface area contributed by atoms with Crippen molar-refractivity contribution in [3.05, 3.63) is 12.2 Å². The van der Waals surface area contributed by atoms with Crippen LogP contribution < -0.4 is 5.32 Å². The summed E-state index contributed by atoms with van der Waals surface area (Å²) in [6.07, 6.45) is 7.54. The molecule has 2 aliphatic heterocycles. The van der Waals surface area contributed by atoms with E-state index in [1.807, 2.05) is 25.1 Å². The van der Waals surface area contributed by atoms with Crippen LogP contribution in [0.25, 0.3) is 0 Å². The predicted molar refractivity (Wildman–Crippen MR) is 79.5 cm³/mol. The summed E-state index contributed by atoms with van der Waals surface area (Å²) in [5.74, 6) is -0.0174. The number of carbonyl (C=O) groups is 1. The van der Waals surface area contributed by atoms with Gasteiger partial charge in [0.05, 0.1) is 6.10 Å². The van der Waals surface area contributed by atoms with Crippen LogP contribution in [0.1, 0.15) is 25.7 Å². The zero-order valence-electron chi connectivity index (χ0n) is 12.6. The van der Waals surface area contributed by atoms with E-state index in [1.165, 1.54) is 12.8 Å². The topological polar surface area (TPSA) is 55.8 Å². The number of rotatable bonds is 6. The molecule has 5 heteroatoms. The van der Waals surface area contributed by atoms with Gasteiger partial charge in [-0.15, -0.1) is 0 Å². The molecular weight excluding hydrogens is 254 g/mol. The average Bonchev–Trinajstić information content (AvgIpc) is 2.61. The van der Waals surface area contributed by atoms with Gasteiger partial charge in [-0.3, -0.25) is 9.69 Å². The van der Waals surface area contributed by atoms with Crippen molar-refractivity contribution in [2.24, 2.45) is 0 Å². The summed E-state index contributed by atoms with van der Waals surface area (Å²) in [4.78, 5) is 16.1. The fourth-order valence-corrected chi connectivity index (χ4v) is 3.35. The zero-order chi connectivity index (χ0) is 14.5. The minimum absolute atomic E-state index is 0.0174. The predicted octanol–water partition coefficient (Wildman–Crippen LogP) is 0.208. The lowest BCUT2D eigenvalue weighted by molar-refractivity contribution is -0.116. The first-order valence-corrected chi connectivity index (χ1v) is 7.59. The van der Waals surface area contributed by atoms with Crippen molar-refractivity contribution in [1.29, 1.82) is 0 Å². The molecule has 2 atom stereocenters. The highest BCUT2D eigenvalue weighted by Crippen LogP contribution is 2.35. The van der Waals surface area contributed by atoms with Crippen molar-refractivity contribution >= 4 is 5.91 Å². The third kappa shape index (κ3) is 4.30. The van der Waals surface area contributed by atoms with Gasteiger partial charge in [-0.1, -0.05) is 6.08 Å². The van der Waals surface area contributed by atoms with E-state index in [1.54, 1.807) is 6.08 Å². The summed E-state index contributed by atoms with van der Waals surface area (Å²) < 4.78 is 0. The van der Waals surface area contributed by atoms with E-state index >= 15 is 0 Å². The van der Waals surface area contributed by atoms with Crippen LogP contribution in [0.15, 0.2) is 12.2 Å². The highest BCUT2D eigenvalue weighted by molar-refractivity contribution is 5.87. The number of likely N-dealkylation sites (N-methyl/N-ethyl adjacent to an activating group) is 1. The van der Waals surface area contributed by atoms with Crippen LogP contribution in [-0.4, -0.2) is 72.7 Å². The first-order valence-electron chi connectivity index (χ1n) is 7.59. The van der Waals surface area contributed by atoms with Crippen LogP contribution in [0, 0.1) is 0 Å². The Morgan fingerprint density at radius 3 is 2.60 bits per heavy atom. The fourth-order valence-electron chi connectivity index (χ4n) is 3.35. The second-order valence-corrected chi connectivity index (χ2v) is 6.20. The van der Waals surface area contributed by atoms with E-state index < -0.39 is 0 Å². The zero-order valence-corrected chi connectivity index (χ0v) is 12.6. The first-order chi connectivity index (χ1) is 9.56. The van der Waals surface area contributed by atoms with Gasteiger partial charge in [0.2, 0.25) is 5.91 Å². The maximum absolute atomic E-state index is 11.6. The summed E-state index contributed by atoms with van der Waals surface area (Å²) in [6.45, 7) is 2.37. The molecule has 2 heterocycles. The molecule has 0 saturated carbocycles. The number of aliphatic hydroxyl groups excluding tert-OH is 1. The monoisotopic (exact) mass is 281 g/mol. The molecule has 0 aromatic rings. The van der Waals surface area contributed by atoms with Crippen molar-refractivity contribution in [2.75, 3.05) is 33.7 Å². The standard InChI is InChI=1S/C15H27N3O2/c1-17(2)8-3-4-15(20)16-7-9-18-12-5-6-13(18)11-14(19)10-12/h3-4,12-14,19H,5-11H2,1-2H3,(H,16,20)/b4-3+. The van der Waals surface area contributed by atoms with Crippen molar-refractivity contribution in [2.45, 2.75) is 43.9 Å². The van der Waals surface area contributed by atoms with E-state index in [4.69, 9.17) is 0 Å². The van der Waals surface area contributed by atoms with Crippen LogP contribution in [-0.2, 0) is 4.79 Å². The highest BCUT2D eigenvalue weighted by Gasteiger charge is 2.39. The Labute approximate surface area is 121 Å². The number of aliphatic hydroxyl groups is 1. The Hall–Kier alpha value is -0.910. The smallest absolute Gasteiger partial charge is 0.243 e. The van der Waals surface area contributed by atoms with Crippen LogP contribution in [0.5, 0.6) is 0 Å². The van der Waals surface area contributed by atoms with Gasteiger partial charge < -0.3 is 15.3 Å². The van der Waals surface area contributed by atoms with E-state index in [9.17, 15) is 9.90 Å². The number of nitrogens with zero attached hydrogens (tertiary/aromatic N) is 2. The third-order valence-electron chi connectivity index (χ3n) is 4.27. The maximum atomic E-state index is 11.6. The van der Waals surface area contributed by atoms with E-state index in [2.05, 4.69) is 10.2 Å². The van der Waals surface area contributed by atoms with Crippen LogP contribution in [0.4, 0.5) is 0 Å². The molecule has 1 amide bonds. The molecular formula is C15H27N3O2.